The molecule has 1 atom stereocenters. The van der Waals surface area contributed by atoms with E-state index in [1.807, 2.05) is 12.1 Å². The SMILES string of the molecule is COCCCOc1cc2c(cc1Cl)C(NC1CC1)=CC(C1CCOCC1)O2. The average Bonchev–Trinajstić information content (AvgIpc) is 3.50. The Bertz CT molecular complexity index is 683. The van der Waals surface area contributed by atoms with Crippen molar-refractivity contribution < 1.29 is 18.9 Å². The summed E-state index contributed by atoms with van der Waals surface area (Å²) < 4.78 is 22.8. The van der Waals surface area contributed by atoms with Gasteiger partial charge in [-0.05, 0) is 37.8 Å². The highest BCUT2D eigenvalue weighted by molar-refractivity contribution is 6.32. The van der Waals surface area contributed by atoms with Crippen LogP contribution in [0.25, 0.3) is 5.70 Å². The maximum atomic E-state index is 6.49. The third kappa shape index (κ3) is 4.71. The van der Waals surface area contributed by atoms with Gasteiger partial charge in [0.15, 0.2) is 0 Å². The molecule has 2 fully saturated rings. The number of hydrogen-bond acceptors (Lipinski definition) is 5. The molecule has 1 saturated carbocycles. The summed E-state index contributed by atoms with van der Waals surface area (Å²) in [4.78, 5) is 0. The normalized spacial score (nSPS) is 22.6. The van der Waals surface area contributed by atoms with E-state index < -0.39 is 0 Å². The first-order chi connectivity index (χ1) is 13.2. The van der Waals surface area contributed by atoms with Crippen LogP contribution in [0.1, 0.15) is 37.7 Å². The first-order valence-electron chi connectivity index (χ1n) is 9.93. The second-order valence-corrected chi connectivity index (χ2v) is 7.91. The number of halogens is 1. The molecule has 1 aliphatic carbocycles. The number of ether oxygens (including phenoxy) is 4. The van der Waals surface area contributed by atoms with E-state index in [9.17, 15) is 0 Å². The summed E-state index contributed by atoms with van der Waals surface area (Å²) in [6.45, 7) is 2.86. The molecular weight excluding hydrogens is 366 g/mol. The maximum absolute atomic E-state index is 6.49. The van der Waals surface area contributed by atoms with Crippen LogP contribution < -0.4 is 14.8 Å². The fourth-order valence-electron chi connectivity index (χ4n) is 3.62. The molecule has 0 radical (unpaired) electrons. The van der Waals surface area contributed by atoms with Crippen molar-refractivity contribution in [3.05, 3.63) is 28.8 Å². The Kier molecular flexibility index (Phi) is 6.11. The van der Waals surface area contributed by atoms with E-state index in [0.29, 0.717) is 35.9 Å². The summed E-state index contributed by atoms with van der Waals surface area (Å²) in [6.07, 6.45) is 7.64. The third-order valence-corrected chi connectivity index (χ3v) is 5.63. The maximum Gasteiger partial charge on any atom is 0.141 e. The molecule has 4 rings (SSSR count). The number of nitrogens with one attached hydrogen (secondary N) is 1. The van der Waals surface area contributed by atoms with Gasteiger partial charge < -0.3 is 24.3 Å². The van der Waals surface area contributed by atoms with E-state index in [0.717, 1.165) is 49.5 Å². The smallest absolute Gasteiger partial charge is 0.141 e. The lowest BCUT2D eigenvalue weighted by atomic mass is 9.90. The van der Waals surface area contributed by atoms with Gasteiger partial charge in [-0.25, -0.2) is 0 Å². The molecule has 1 saturated heterocycles. The van der Waals surface area contributed by atoms with Gasteiger partial charge >= 0.3 is 0 Å². The Morgan fingerprint density at radius 2 is 1.96 bits per heavy atom. The van der Waals surface area contributed by atoms with Gasteiger partial charge in [0.1, 0.15) is 17.6 Å². The molecule has 27 heavy (non-hydrogen) atoms. The number of benzene rings is 1. The molecule has 0 amide bonds. The van der Waals surface area contributed by atoms with E-state index in [2.05, 4.69) is 11.4 Å². The molecule has 6 heteroatoms. The predicted octanol–water partition coefficient (Wildman–Crippen LogP) is 4.04. The van der Waals surface area contributed by atoms with Crippen molar-refractivity contribution in [1.82, 2.24) is 5.32 Å². The molecule has 1 aromatic rings. The van der Waals surface area contributed by atoms with Crippen LogP contribution in [-0.2, 0) is 9.47 Å². The fraction of sp³-hybridized carbons (Fsp3) is 0.619. The highest BCUT2D eigenvalue weighted by atomic mass is 35.5. The van der Waals surface area contributed by atoms with Gasteiger partial charge in [0.2, 0.25) is 0 Å². The Morgan fingerprint density at radius 1 is 1.15 bits per heavy atom. The first-order valence-corrected chi connectivity index (χ1v) is 10.3. The third-order valence-electron chi connectivity index (χ3n) is 5.34. The van der Waals surface area contributed by atoms with Crippen LogP contribution in [-0.4, -0.2) is 45.7 Å². The number of rotatable bonds is 8. The highest BCUT2D eigenvalue weighted by Gasteiger charge is 2.32. The van der Waals surface area contributed by atoms with Crippen molar-refractivity contribution in [3.8, 4) is 11.5 Å². The lowest BCUT2D eigenvalue weighted by Gasteiger charge is -2.33. The molecule has 0 spiro atoms. The molecule has 1 unspecified atom stereocenters. The second-order valence-electron chi connectivity index (χ2n) is 7.50. The minimum atomic E-state index is 0.0603. The molecule has 148 valence electrons. The molecule has 2 aliphatic heterocycles. The topological polar surface area (TPSA) is 49.0 Å². The summed E-state index contributed by atoms with van der Waals surface area (Å²) in [5, 5.41) is 4.27. The van der Waals surface area contributed by atoms with Crippen molar-refractivity contribution in [2.45, 2.75) is 44.2 Å². The van der Waals surface area contributed by atoms with Crippen LogP contribution in [0.3, 0.4) is 0 Å². The number of fused-ring (bicyclic) bond motifs is 1. The Morgan fingerprint density at radius 3 is 2.70 bits per heavy atom. The summed E-state index contributed by atoms with van der Waals surface area (Å²) >= 11 is 6.49. The van der Waals surface area contributed by atoms with Crippen molar-refractivity contribution in [1.29, 1.82) is 0 Å². The molecule has 5 nitrogen and oxygen atoms in total. The Balaban J connectivity index is 1.55. The van der Waals surface area contributed by atoms with Crippen LogP contribution in [0.4, 0.5) is 0 Å². The standard InChI is InChI=1S/C21H28ClNO4/c1-24-7-2-8-26-21-13-20-16(11-17(21)22)18(23-15-3-4-15)12-19(27-20)14-5-9-25-10-6-14/h11-15,19,23H,2-10H2,1H3. The minimum absolute atomic E-state index is 0.0603. The molecule has 0 bridgehead atoms. The van der Waals surface area contributed by atoms with E-state index >= 15 is 0 Å². The lowest BCUT2D eigenvalue weighted by molar-refractivity contribution is 0.0312. The lowest BCUT2D eigenvalue weighted by Crippen LogP contribution is -2.34. The van der Waals surface area contributed by atoms with Gasteiger partial charge in [0.25, 0.3) is 0 Å². The number of methoxy groups -OCH3 is 1. The van der Waals surface area contributed by atoms with Gasteiger partial charge in [0.05, 0.1) is 11.6 Å². The van der Waals surface area contributed by atoms with Crippen molar-refractivity contribution in [2.24, 2.45) is 5.92 Å². The summed E-state index contributed by atoms with van der Waals surface area (Å²) in [5.74, 6) is 2.00. The van der Waals surface area contributed by atoms with Crippen LogP contribution in [0.2, 0.25) is 5.02 Å². The summed E-state index contributed by atoms with van der Waals surface area (Å²) in [7, 11) is 1.69. The van der Waals surface area contributed by atoms with Gasteiger partial charge in [-0.2, -0.15) is 0 Å². The summed E-state index contributed by atoms with van der Waals surface area (Å²) in [6, 6.07) is 4.48. The monoisotopic (exact) mass is 393 g/mol. The van der Waals surface area contributed by atoms with Crippen molar-refractivity contribution in [3.63, 3.8) is 0 Å². The van der Waals surface area contributed by atoms with Crippen LogP contribution in [0.5, 0.6) is 11.5 Å². The van der Waals surface area contributed by atoms with Crippen molar-refractivity contribution >= 4 is 17.3 Å². The van der Waals surface area contributed by atoms with Gasteiger partial charge in [0, 0.05) is 62.6 Å². The zero-order valence-corrected chi connectivity index (χ0v) is 16.6. The molecule has 1 N–H and O–H groups in total. The highest BCUT2D eigenvalue weighted by Crippen LogP contribution is 2.41. The average molecular weight is 394 g/mol. The molecule has 3 aliphatic rings. The molecule has 2 heterocycles. The predicted molar refractivity (Wildman–Crippen MR) is 106 cm³/mol. The second kappa shape index (κ2) is 8.72. The minimum Gasteiger partial charge on any atom is -0.492 e. The first kappa shape index (κ1) is 18.9. The van der Waals surface area contributed by atoms with Gasteiger partial charge in [-0.15, -0.1) is 0 Å². The zero-order chi connectivity index (χ0) is 18.6. The molecule has 0 aromatic heterocycles. The van der Waals surface area contributed by atoms with Crippen LogP contribution >= 0.6 is 11.6 Å². The Labute approximate surface area is 166 Å². The van der Waals surface area contributed by atoms with E-state index in [4.69, 9.17) is 30.5 Å². The summed E-state index contributed by atoms with van der Waals surface area (Å²) in [5.41, 5.74) is 2.17. The van der Waals surface area contributed by atoms with E-state index in [1.165, 1.54) is 12.8 Å². The van der Waals surface area contributed by atoms with E-state index in [1.54, 1.807) is 7.11 Å². The zero-order valence-electron chi connectivity index (χ0n) is 15.8. The van der Waals surface area contributed by atoms with Crippen LogP contribution in [0.15, 0.2) is 18.2 Å². The van der Waals surface area contributed by atoms with Gasteiger partial charge in [-0.3, -0.25) is 0 Å². The van der Waals surface area contributed by atoms with E-state index in [-0.39, 0.29) is 6.10 Å². The van der Waals surface area contributed by atoms with Crippen LogP contribution in [0, 0.1) is 5.92 Å². The van der Waals surface area contributed by atoms with Crippen molar-refractivity contribution in [2.75, 3.05) is 33.5 Å². The largest absolute Gasteiger partial charge is 0.492 e. The quantitative estimate of drug-likeness (QED) is 0.675. The molecule has 1 aromatic carbocycles. The fourth-order valence-corrected chi connectivity index (χ4v) is 3.84. The number of hydrogen-bond donors (Lipinski definition) is 1. The van der Waals surface area contributed by atoms with Gasteiger partial charge in [-0.1, -0.05) is 11.6 Å². The molecular formula is C21H28ClNO4. The Hall–Kier alpha value is -1.43.